The summed E-state index contributed by atoms with van der Waals surface area (Å²) in [5.41, 5.74) is -2.22. The molecule has 1 saturated heterocycles. The van der Waals surface area contributed by atoms with Crippen LogP contribution in [0.4, 0.5) is 37.8 Å². The number of alkyl halides is 6. The molecule has 1 aliphatic heterocycles. The summed E-state index contributed by atoms with van der Waals surface area (Å²) in [6, 6.07) is -0.483. The molecule has 2 aromatic heterocycles. The molecule has 0 bridgehead atoms. The van der Waals surface area contributed by atoms with Gasteiger partial charge in [-0.2, -0.15) is 36.5 Å². The average molecular weight is 507 g/mol. The van der Waals surface area contributed by atoms with Crippen LogP contribution in [-0.4, -0.2) is 76.4 Å². The first-order chi connectivity index (χ1) is 16.4. The molecule has 35 heavy (non-hydrogen) atoms. The lowest BCUT2D eigenvalue weighted by Gasteiger charge is -2.35. The van der Waals surface area contributed by atoms with Gasteiger partial charge in [0, 0.05) is 32.2 Å². The highest BCUT2D eigenvalue weighted by Crippen LogP contribution is 2.33. The summed E-state index contributed by atoms with van der Waals surface area (Å²) >= 11 is 0. The number of piperazine rings is 1. The molecule has 15 heteroatoms. The maximum absolute atomic E-state index is 13.0. The topological polar surface area (TPSA) is 96.4 Å². The highest BCUT2D eigenvalue weighted by Gasteiger charge is 2.35. The first kappa shape index (κ1) is 26.4. The van der Waals surface area contributed by atoms with E-state index in [1.54, 1.807) is 16.7 Å². The van der Waals surface area contributed by atoms with Crippen LogP contribution in [0.5, 0.6) is 0 Å². The first-order valence-electron chi connectivity index (χ1n) is 10.6. The van der Waals surface area contributed by atoms with Gasteiger partial charge in [-0.25, -0.2) is 9.97 Å². The minimum absolute atomic E-state index is 0.0628. The van der Waals surface area contributed by atoms with Crippen LogP contribution in [-0.2, 0) is 21.9 Å². The minimum Gasteiger partial charge on any atom is -0.379 e. The lowest BCUT2D eigenvalue weighted by Crippen LogP contribution is -2.49. The summed E-state index contributed by atoms with van der Waals surface area (Å²) in [5, 5.41) is 9.40. The maximum Gasteiger partial charge on any atom is 0.434 e. The molecule has 1 aliphatic rings. The van der Waals surface area contributed by atoms with Crippen molar-refractivity contribution >= 4 is 17.4 Å². The van der Waals surface area contributed by atoms with Crippen molar-refractivity contribution in [1.29, 1.82) is 0 Å². The van der Waals surface area contributed by atoms with Gasteiger partial charge in [0.2, 0.25) is 5.91 Å². The number of hydrogen-bond donors (Lipinski definition) is 1. The van der Waals surface area contributed by atoms with Crippen LogP contribution in [0.15, 0.2) is 24.8 Å². The van der Waals surface area contributed by atoms with E-state index in [9.17, 15) is 31.1 Å². The predicted molar refractivity (Wildman–Crippen MR) is 111 cm³/mol. The van der Waals surface area contributed by atoms with Gasteiger partial charge in [0.15, 0.2) is 5.69 Å². The van der Waals surface area contributed by atoms with Crippen LogP contribution in [0.3, 0.4) is 0 Å². The second kappa shape index (κ2) is 11.0. The molecule has 192 valence electrons. The SMILES string of the molecule is C[C@@H](COCCC(=O)N1CCN(c2cnc(C(F)(F)F)cn2)CC1)Nc1cnncc1C(F)(F)F. The first-order valence-corrected chi connectivity index (χ1v) is 10.6. The van der Waals surface area contributed by atoms with Crippen molar-refractivity contribution in [3.05, 3.63) is 36.0 Å². The third-order valence-corrected chi connectivity index (χ3v) is 5.15. The summed E-state index contributed by atoms with van der Waals surface area (Å²) < 4.78 is 82.3. The van der Waals surface area contributed by atoms with Crippen LogP contribution in [0.2, 0.25) is 0 Å². The molecule has 0 unspecified atom stereocenters. The Hall–Kier alpha value is -3.23. The lowest BCUT2D eigenvalue weighted by atomic mass is 10.2. The molecule has 0 radical (unpaired) electrons. The zero-order chi connectivity index (χ0) is 25.6. The fraction of sp³-hybridized carbons (Fsp3) is 0.550. The standard InChI is InChI=1S/C20H23F6N7O2/c1-13(31-15-9-30-29-8-14(15)19(21,22)23)12-35-7-2-18(34)33-5-3-32(4-6-33)17-11-27-16(10-28-17)20(24,25)26/h8-11,13H,2-7,12H2,1H3,(H,29,31)/t13-/m0/s1. The Morgan fingerprint density at radius 3 is 2.29 bits per heavy atom. The van der Waals surface area contributed by atoms with E-state index in [1.165, 1.54) is 0 Å². The fourth-order valence-electron chi connectivity index (χ4n) is 3.36. The molecule has 0 aliphatic carbocycles. The summed E-state index contributed by atoms with van der Waals surface area (Å²) in [4.78, 5) is 23.0. The summed E-state index contributed by atoms with van der Waals surface area (Å²) in [6.45, 7) is 3.25. The molecule has 0 saturated carbocycles. The van der Waals surface area contributed by atoms with Gasteiger partial charge in [-0.3, -0.25) is 4.79 Å². The van der Waals surface area contributed by atoms with Gasteiger partial charge in [0.05, 0.1) is 50.1 Å². The highest BCUT2D eigenvalue weighted by molar-refractivity contribution is 5.76. The number of amides is 1. The molecule has 1 fully saturated rings. The van der Waals surface area contributed by atoms with E-state index in [1.807, 2.05) is 0 Å². The number of aromatic nitrogens is 4. The number of ether oxygens (including phenoxy) is 1. The van der Waals surface area contributed by atoms with Gasteiger partial charge < -0.3 is 19.9 Å². The number of carbonyl (C=O) groups is 1. The Bertz CT molecular complexity index is 979. The van der Waals surface area contributed by atoms with Gasteiger partial charge in [0.1, 0.15) is 11.4 Å². The molecular weight excluding hydrogens is 484 g/mol. The summed E-state index contributed by atoms with van der Waals surface area (Å²) in [7, 11) is 0. The third-order valence-electron chi connectivity index (χ3n) is 5.15. The van der Waals surface area contributed by atoms with E-state index in [4.69, 9.17) is 4.74 Å². The Balaban J connectivity index is 1.37. The van der Waals surface area contributed by atoms with Crippen LogP contribution in [0.25, 0.3) is 0 Å². The lowest BCUT2D eigenvalue weighted by molar-refractivity contribution is -0.141. The molecule has 0 spiro atoms. The average Bonchev–Trinajstić information content (AvgIpc) is 2.81. The van der Waals surface area contributed by atoms with Crippen LogP contribution >= 0.6 is 0 Å². The molecule has 9 nitrogen and oxygen atoms in total. The molecule has 3 heterocycles. The molecule has 2 aromatic rings. The smallest absolute Gasteiger partial charge is 0.379 e. The predicted octanol–water partition coefficient (Wildman–Crippen LogP) is 2.86. The van der Waals surface area contributed by atoms with Gasteiger partial charge >= 0.3 is 12.4 Å². The van der Waals surface area contributed by atoms with E-state index in [2.05, 4.69) is 25.5 Å². The van der Waals surface area contributed by atoms with Crippen molar-refractivity contribution in [2.45, 2.75) is 31.7 Å². The van der Waals surface area contributed by atoms with Crippen molar-refractivity contribution in [2.24, 2.45) is 0 Å². The number of carbonyl (C=O) groups excluding carboxylic acids is 1. The normalized spacial score (nSPS) is 15.7. The van der Waals surface area contributed by atoms with Gasteiger partial charge in [-0.15, -0.1) is 0 Å². The molecule has 1 atom stereocenters. The number of hydrogen-bond acceptors (Lipinski definition) is 8. The number of halogens is 6. The highest BCUT2D eigenvalue weighted by atomic mass is 19.4. The van der Waals surface area contributed by atoms with Crippen molar-refractivity contribution in [2.75, 3.05) is 49.6 Å². The Labute approximate surface area is 196 Å². The van der Waals surface area contributed by atoms with Crippen molar-refractivity contribution in [3.8, 4) is 0 Å². The monoisotopic (exact) mass is 507 g/mol. The summed E-state index contributed by atoms with van der Waals surface area (Å²) in [6.07, 6.45) is -5.70. The molecule has 3 rings (SSSR count). The Morgan fingerprint density at radius 1 is 1.00 bits per heavy atom. The van der Waals surface area contributed by atoms with E-state index < -0.39 is 29.7 Å². The Morgan fingerprint density at radius 2 is 1.69 bits per heavy atom. The number of nitrogens with zero attached hydrogens (tertiary/aromatic N) is 6. The van der Waals surface area contributed by atoms with Crippen LogP contribution in [0, 0.1) is 0 Å². The minimum atomic E-state index is -4.58. The van der Waals surface area contributed by atoms with Gasteiger partial charge in [0.25, 0.3) is 0 Å². The van der Waals surface area contributed by atoms with Crippen LogP contribution < -0.4 is 10.2 Å². The second-order valence-electron chi connectivity index (χ2n) is 7.81. The van der Waals surface area contributed by atoms with E-state index >= 15 is 0 Å². The van der Waals surface area contributed by atoms with E-state index in [-0.39, 0.29) is 31.2 Å². The zero-order valence-corrected chi connectivity index (χ0v) is 18.6. The quantitative estimate of drug-likeness (QED) is 0.431. The largest absolute Gasteiger partial charge is 0.434 e. The third kappa shape index (κ3) is 7.37. The number of rotatable bonds is 8. The van der Waals surface area contributed by atoms with Crippen molar-refractivity contribution < 1.29 is 35.9 Å². The Kier molecular flexibility index (Phi) is 8.30. The zero-order valence-electron chi connectivity index (χ0n) is 18.6. The van der Waals surface area contributed by atoms with Gasteiger partial charge in [-0.1, -0.05) is 0 Å². The summed E-state index contributed by atoms with van der Waals surface area (Å²) in [5.74, 6) is 0.134. The number of nitrogens with one attached hydrogen (secondary N) is 1. The van der Waals surface area contributed by atoms with Crippen molar-refractivity contribution in [1.82, 2.24) is 25.1 Å². The molecule has 1 N–H and O–H groups in total. The van der Waals surface area contributed by atoms with Gasteiger partial charge in [-0.05, 0) is 6.92 Å². The van der Waals surface area contributed by atoms with E-state index in [0.717, 1.165) is 12.4 Å². The molecular formula is C20H23F6N7O2. The molecule has 1 amide bonds. The van der Waals surface area contributed by atoms with Crippen LogP contribution in [0.1, 0.15) is 24.6 Å². The van der Waals surface area contributed by atoms with Crippen molar-refractivity contribution in [3.63, 3.8) is 0 Å². The molecule has 0 aromatic carbocycles. The number of anilines is 2. The van der Waals surface area contributed by atoms with E-state index in [0.29, 0.717) is 44.4 Å². The fourth-order valence-corrected chi connectivity index (χ4v) is 3.36. The maximum atomic E-state index is 13.0. The second-order valence-corrected chi connectivity index (χ2v) is 7.81.